The standard InChI is InChI=1S/C4H6FN3O/c1-3(9)4-2-8(5)7-6-4/h2-3,9H,1H3. The normalized spacial score (nSPS) is 13.7. The summed E-state index contributed by atoms with van der Waals surface area (Å²) in [6, 6.07) is 0. The molecule has 0 amide bonds. The van der Waals surface area contributed by atoms with Gasteiger partial charge in [0.15, 0.2) is 0 Å². The number of aliphatic hydroxyl groups excluding tert-OH is 1. The Bertz CT molecular complexity index is 197. The van der Waals surface area contributed by atoms with Crippen molar-refractivity contribution in [2.45, 2.75) is 13.0 Å². The van der Waals surface area contributed by atoms with Crippen LogP contribution in [0.5, 0.6) is 0 Å². The summed E-state index contributed by atoms with van der Waals surface area (Å²) >= 11 is 0. The Kier molecular flexibility index (Phi) is 1.44. The first-order valence-corrected chi connectivity index (χ1v) is 2.46. The van der Waals surface area contributed by atoms with Crippen LogP contribution in [0.3, 0.4) is 0 Å². The van der Waals surface area contributed by atoms with Crippen LogP contribution in [0.15, 0.2) is 6.20 Å². The van der Waals surface area contributed by atoms with Crippen molar-refractivity contribution in [3.8, 4) is 0 Å². The van der Waals surface area contributed by atoms with Gasteiger partial charge in [-0.05, 0) is 12.1 Å². The molecule has 0 aliphatic heterocycles. The molecule has 0 spiro atoms. The molecular weight excluding hydrogens is 125 g/mol. The van der Waals surface area contributed by atoms with E-state index < -0.39 is 6.10 Å². The second-order valence-electron chi connectivity index (χ2n) is 1.71. The molecule has 0 radical (unpaired) electrons. The lowest BCUT2D eigenvalue weighted by Gasteiger charge is -1.92. The van der Waals surface area contributed by atoms with E-state index in [4.69, 9.17) is 5.11 Å². The van der Waals surface area contributed by atoms with Gasteiger partial charge in [0, 0.05) is 0 Å². The van der Waals surface area contributed by atoms with Crippen LogP contribution in [0.2, 0.25) is 0 Å². The monoisotopic (exact) mass is 131 g/mol. The molecule has 9 heavy (non-hydrogen) atoms. The molecule has 4 nitrogen and oxygen atoms in total. The number of rotatable bonds is 1. The zero-order valence-electron chi connectivity index (χ0n) is 4.82. The molecule has 5 heteroatoms. The zero-order chi connectivity index (χ0) is 6.85. The van der Waals surface area contributed by atoms with E-state index in [1.54, 1.807) is 0 Å². The zero-order valence-corrected chi connectivity index (χ0v) is 4.82. The van der Waals surface area contributed by atoms with Crippen molar-refractivity contribution >= 4 is 0 Å². The predicted octanol–water partition coefficient (Wildman–Crippen LogP) is 0.0640. The Balaban J connectivity index is 2.85. The van der Waals surface area contributed by atoms with E-state index in [-0.39, 0.29) is 10.6 Å². The minimum Gasteiger partial charge on any atom is -0.387 e. The van der Waals surface area contributed by atoms with Crippen LogP contribution in [0.25, 0.3) is 0 Å². The van der Waals surface area contributed by atoms with Crippen molar-refractivity contribution in [3.63, 3.8) is 0 Å². The first-order valence-electron chi connectivity index (χ1n) is 2.46. The second-order valence-corrected chi connectivity index (χ2v) is 1.71. The third-order valence-corrected chi connectivity index (χ3v) is 0.912. The quantitative estimate of drug-likeness (QED) is 0.586. The summed E-state index contributed by atoms with van der Waals surface area (Å²) < 4.78 is 11.9. The van der Waals surface area contributed by atoms with Gasteiger partial charge in [0.25, 0.3) is 0 Å². The summed E-state index contributed by atoms with van der Waals surface area (Å²) in [4.78, 5) is 0.0576. The average molecular weight is 131 g/mol. The molecule has 1 atom stereocenters. The van der Waals surface area contributed by atoms with Crippen LogP contribution >= 0.6 is 0 Å². The van der Waals surface area contributed by atoms with Crippen molar-refractivity contribution in [2.75, 3.05) is 0 Å². The van der Waals surface area contributed by atoms with E-state index in [0.29, 0.717) is 0 Å². The second kappa shape index (κ2) is 2.10. The number of aliphatic hydroxyl groups is 1. The Hall–Kier alpha value is -0.970. The number of hydrogen-bond acceptors (Lipinski definition) is 3. The molecule has 1 unspecified atom stereocenters. The Morgan fingerprint density at radius 1 is 1.89 bits per heavy atom. The largest absolute Gasteiger partial charge is 0.387 e. The van der Waals surface area contributed by atoms with Crippen molar-refractivity contribution in [1.82, 2.24) is 15.2 Å². The predicted molar refractivity (Wildman–Crippen MR) is 27.2 cm³/mol. The Labute approximate surface area is 50.9 Å². The Morgan fingerprint density at radius 2 is 2.56 bits per heavy atom. The molecule has 1 aromatic heterocycles. The minimum absolute atomic E-state index is 0.0576. The fourth-order valence-electron chi connectivity index (χ4n) is 0.447. The van der Waals surface area contributed by atoms with Gasteiger partial charge < -0.3 is 5.11 Å². The van der Waals surface area contributed by atoms with E-state index in [9.17, 15) is 4.48 Å². The lowest BCUT2D eigenvalue weighted by molar-refractivity contribution is 0.194. The first kappa shape index (κ1) is 6.15. The van der Waals surface area contributed by atoms with Gasteiger partial charge in [-0.2, -0.15) is 0 Å². The van der Waals surface area contributed by atoms with Crippen molar-refractivity contribution in [1.29, 1.82) is 0 Å². The van der Waals surface area contributed by atoms with E-state index in [2.05, 4.69) is 10.3 Å². The van der Waals surface area contributed by atoms with Gasteiger partial charge in [-0.25, -0.2) is 0 Å². The summed E-state index contributed by atoms with van der Waals surface area (Å²) in [5.74, 6) is 0. The van der Waals surface area contributed by atoms with E-state index in [1.165, 1.54) is 6.92 Å². The maximum Gasteiger partial charge on any atom is 0.114 e. The van der Waals surface area contributed by atoms with Gasteiger partial charge in [0.05, 0.1) is 12.3 Å². The molecule has 1 heterocycles. The fourth-order valence-corrected chi connectivity index (χ4v) is 0.447. The summed E-state index contributed by atoms with van der Waals surface area (Å²) in [5, 5.41) is 15.0. The average Bonchev–Trinajstić information content (AvgIpc) is 2.14. The van der Waals surface area contributed by atoms with Crippen molar-refractivity contribution in [2.24, 2.45) is 0 Å². The summed E-state index contributed by atoms with van der Waals surface area (Å²) in [6.07, 6.45) is 0.263. The van der Waals surface area contributed by atoms with E-state index in [0.717, 1.165) is 6.20 Å². The summed E-state index contributed by atoms with van der Waals surface area (Å²) in [7, 11) is 0. The molecule has 0 bridgehead atoms. The highest BCUT2D eigenvalue weighted by Crippen LogP contribution is 2.05. The fraction of sp³-hybridized carbons (Fsp3) is 0.500. The van der Waals surface area contributed by atoms with E-state index >= 15 is 0 Å². The summed E-state index contributed by atoms with van der Waals surface area (Å²) in [6.45, 7) is 1.49. The lowest BCUT2D eigenvalue weighted by atomic mass is 10.3. The first-order chi connectivity index (χ1) is 4.20. The number of hydrogen-bond donors (Lipinski definition) is 1. The van der Waals surface area contributed by atoms with Gasteiger partial charge in [0.1, 0.15) is 5.69 Å². The van der Waals surface area contributed by atoms with Gasteiger partial charge >= 0.3 is 0 Å². The van der Waals surface area contributed by atoms with Crippen molar-refractivity contribution < 1.29 is 9.59 Å². The minimum atomic E-state index is -0.755. The van der Waals surface area contributed by atoms with Crippen LogP contribution in [-0.2, 0) is 0 Å². The van der Waals surface area contributed by atoms with Crippen LogP contribution in [0, 0.1) is 0 Å². The molecule has 0 saturated heterocycles. The molecule has 1 aromatic rings. The summed E-state index contributed by atoms with van der Waals surface area (Å²) in [5.41, 5.74) is 0.234. The van der Waals surface area contributed by atoms with Crippen molar-refractivity contribution in [3.05, 3.63) is 11.9 Å². The Morgan fingerprint density at radius 3 is 2.78 bits per heavy atom. The topological polar surface area (TPSA) is 50.9 Å². The SMILES string of the molecule is CC(O)c1cn(F)nn1. The smallest absolute Gasteiger partial charge is 0.114 e. The third kappa shape index (κ3) is 1.23. The molecule has 1 N–H and O–H groups in total. The molecule has 0 aliphatic carbocycles. The molecule has 50 valence electrons. The van der Waals surface area contributed by atoms with Crippen LogP contribution in [-0.4, -0.2) is 20.3 Å². The van der Waals surface area contributed by atoms with Gasteiger partial charge in [-0.3, -0.25) is 0 Å². The molecule has 0 fully saturated rings. The van der Waals surface area contributed by atoms with Gasteiger partial charge in [-0.15, -0.1) is 5.10 Å². The number of nitrogens with zero attached hydrogens (tertiary/aromatic N) is 3. The molecule has 0 aromatic carbocycles. The van der Waals surface area contributed by atoms with Crippen LogP contribution < -0.4 is 0 Å². The van der Waals surface area contributed by atoms with Gasteiger partial charge in [-0.1, -0.05) is 9.39 Å². The van der Waals surface area contributed by atoms with Gasteiger partial charge in [0.2, 0.25) is 0 Å². The van der Waals surface area contributed by atoms with Crippen LogP contribution in [0.1, 0.15) is 18.7 Å². The maximum absolute atomic E-state index is 11.9. The van der Waals surface area contributed by atoms with Crippen LogP contribution in [0.4, 0.5) is 4.48 Å². The highest BCUT2D eigenvalue weighted by atomic mass is 19.2. The molecule has 1 rings (SSSR count). The highest BCUT2D eigenvalue weighted by molar-refractivity contribution is 4.93. The lowest BCUT2D eigenvalue weighted by Crippen LogP contribution is -1.89. The molecular formula is C4H6FN3O. The highest BCUT2D eigenvalue weighted by Gasteiger charge is 2.04. The number of halogens is 1. The number of aromatic nitrogens is 3. The van der Waals surface area contributed by atoms with E-state index in [1.807, 2.05) is 0 Å². The molecule has 0 saturated carbocycles. The molecule has 0 aliphatic rings. The maximum atomic E-state index is 11.9. The third-order valence-electron chi connectivity index (χ3n) is 0.912.